The number of likely N-dealkylation sites (tertiary alicyclic amines) is 1. The molecule has 0 unspecified atom stereocenters. The van der Waals surface area contributed by atoms with Crippen LogP contribution in [-0.2, 0) is 19.7 Å². The first-order valence-corrected chi connectivity index (χ1v) is 10.2. The van der Waals surface area contributed by atoms with E-state index in [1.807, 2.05) is 91.0 Å². The van der Waals surface area contributed by atoms with E-state index >= 15 is 0 Å². The Hall–Kier alpha value is -3.40. The molecule has 0 radical (unpaired) electrons. The molecule has 1 saturated heterocycles. The zero-order chi connectivity index (χ0) is 21.0. The van der Waals surface area contributed by atoms with Crippen molar-refractivity contribution in [2.45, 2.75) is 24.3 Å². The molecule has 1 amide bonds. The highest BCUT2D eigenvalue weighted by Gasteiger charge is 2.49. The Bertz CT molecular complexity index is 906. The molecule has 0 N–H and O–H groups in total. The zero-order valence-electron chi connectivity index (χ0n) is 17.0. The number of carbonyl (C=O) groups excluding carboxylic acids is 2. The number of nitrogens with zero attached hydrogens (tertiary/aromatic N) is 1. The van der Waals surface area contributed by atoms with Crippen molar-refractivity contribution in [2.75, 3.05) is 13.7 Å². The molecule has 0 bridgehead atoms. The first-order valence-electron chi connectivity index (χ1n) is 10.2. The topological polar surface area (TPSA) is 46.6 Å². The van der Waals surface area contributed by atoms with E-state index in [0.29, 0.717) is 13.0 Å². The third-order valence-corrected chi connectivity index (χ3v) is 5.93. The van der Waals surface area contributed by atoms with Crippen molar-refractivity contribution in [2.24, 2.45) is 0 Å². The molecule has 1 atom stereocenters. The molecular weight excluding hydrogens is 374 g/mol. The van der Waals surface area contributed by atoms with Gasteiger partial charge in [0.15, 0.2) is 0 Å². The van der Waals surface area contributed by atoms with Gasteiger partial charge in [0.05, 0.1) is 7.11 Å². The predicted octanol–water partition coefficient (Wildman–Crippen LogP) is 4.19. The van der Waals surface area contributed by atoms with Gasteiger partial charge in [0.25, 0.3) is 0 Å². The van der Waals surface area contributed by atoms with Crippen LogP contribution in [0.4, 0.5) is 0 Å². The minimum Gasteiger partial charge on any atom is -0.467 e. The molecule has 1 fully saturated rings. The van der Waals surface area contributed by atoms with Crippen LogP contribution in [0.3, 0.4) is 0 Å². The summed E-state index contributed by atoms with van der Waals surface area (Å²) in [6, 6.07) is 28.9. The van der Waals surface area contributed by atoms with Crippen LogP contribution in [0.25, 0.3) is 0 Å². The molecule has 3 aromatic carbocycles. The third kappa shape index (κ3) is 3.28. The number of hydrogen-bond acceptors (Lipinski definition) is 3. The average molecular weight is 399 g/mol. The molecule has 152 valence electrons. The molecule has 4 nitrogen and oxygen atoms in total. The van der Waals surface area contributed by atoms with E-state index in [-0.39, 0.29) is 11.9 Å². The molecule has 0 spiro atoms. The number of ether oxygens (including phenoxy) is 1. The van der Waals surface area contributed by atoms with Gasteiger partial charge in [-0.2, -0.15) is 0 Å². The van der Waals surface area contributed by atoms with Gasteiger partial charge in [0.2, 0.25) is 5.91 Å². The molecule has 1 aliphatic heterocycles. The van der Waals surface area contributed by atoms with Crippen LogP contribution in [-0.4, -0.2) is 36.5 Å². The smallest absolute Gasteiger partial charge is 0.328 e. The maximum atomic E-state index is 14.4. The molecule has 4 heteroatoms. The highest BCUT2D eigenvalue weighted by Crippen LogP contribution is 2.42. The Labute approximate surface area is 177 Å². The molecule has 1 heterocycles. The molecule has 30 heavy (non-hydrogen) atoms. The minimum absolute atomic E-state index is 0.0981. The van der Waals surface area contributed by atoms with Gasteiger partial charge in [-0.25, -0.2) is 4.79 Å². The Morgan fingerprint density at radius 2 is 1.23 bits per heavy atom. The van der Waals surface area contributed by atoms with Gasteiger partial charge in [-0.3, -0.25) is 4.79 Å². The molecule has 3 aromatic rings. The van der Waals surface area contributed by atoms with Crippen molar-refractivity contribution in [3.63, 3.8) is 0 Å². The Balaban J connectivity index is 1.98. The number of esters is 1. The van der Waals surface area contributed by atoms with E-state index in [9.17, 15) is 9.59 Å². The van der Waals surface area contributed by atoms with Crippen LogP contribution in [0.5, 0.6) is 0 Å². The highest BCUT2D eigenvalue weighted by molar-refractivity contribution is 5.98. The second-order valence-electron chi connectivity index (χ2n) is 7.53. The van der Waals surface area contributed by atoms with Crippen LogP contribution in [0.15, 0.2) is 91.0 Å². The highest BCUT2D eigenvalue weighted by atomic mass is 16.5. The van der Waals surface area contributed by atoms with E-state index in [1.165, 1.54) is 7.11 Å². The molecule has 4 rings (SSSR count). The summed E-state index contributed by atoms with van der Waals surface area (Å²) >= 11 is 0. The van der Waals surface area contributed by atoms with E-state index in [4.69, 9.17) is 4.74 Å². The van der Waals surface area contributed by atoms with Crippen molar-refractivity contribution in [3.05, 3.63) is 108 Å². The van der Waals surface area contributed by atoms with Gasteiger partial charge in [-0.05, 0) is 29.5 Å². The zero-order valence-corrected chi connectivity index (χ0v) is 17.0. The van der Waals surface area contributed by atoms with Gasteiger partial charge in [-0.1, -0.05) is 91.0 Å². The minimum atomic E-state index is -1.06. The number of hydrogen-bond donors (Lipinski definition) is 0. The summed E-state index contributed by atoms with van der Waals surface area (Å²) in [5.41, 5.74) is 1.58. The van der Waals surface area contributed by atoms with Crippen molar-refractivity contribution in [1.29, 1.82) is 0 Å². The summed E-state index contributed by atoms with van der Waals surface area (Å²) in [6.07, 6.45) is 1.40. The van der Waals surface area contributed by atoms with Crippen LogP contribution in [0, 0.1) is 0 Å². The summed E-state index contributed by atoms with van der Waals surface area (Å²) in [7, 11) is 1.38. The number of carbonyl (C=O) groups is 2. The maximum absolute atomic E-state index is 14.4. The Morgan fingerprint density at radius 1 is 0.800 bits per heavy atom. The molecule has 0 aliphatic carbocycles. The first kappa shape index (κ1) is 19.9. The fourth-order valence-electron chi connectivity index (χ4n) is 4.54. The summed E-state index contributed by atoms with van der Waals surface area (Å²) in [5, 5.41) is 0. The summed E-state index contributed by atoms with van der Waals surface area (Å²) < 4.78 is 5.01. The van der Waals surface area contributed by atoms with Crippen LogP contribution in [0.1, 0.15) is 29.5 Å². The molecule has 1 aliphatic rings. The van der Waals surface area contributed by atoms with E-state index in [0.717, 1.165) is 23.1 Å². The largest absolute Gasteiger partial charge is 0.467 e. The van der Waals surface area contributed by atoms with Crippen LogP contribution in [0.2, 0.25) is 0 Å². The average Bonchev–Trinajstić information content (AvgIpc) is 3.31. The lowest BCUT2D eigenvalue weighted by atomic mass is 9.68. The SMILES string of the molecule is COC(=O)[C@@H]1CCCN1C(=O)C(c1ccccc1)(c1ccccc1)c1ccccc1. The number of amides is 1. The van der Waals surface area contributed by atoms with Crippen molar-refractivity contribution in [1.82, 2.24) is 4.90 Å². The summed E-state index contributed by atoms with van der Waals surface area (Å²) in [5.74, 6) is -0.456. The molecular formula is C26H25NO3. The number of rotatable bonds is 5. The van der Waals surface area contributed by atoms with Gasteiger partial charge in [0, 0.05) is 6.54 Å². The quantitative estimate of drug-likeness (QED) is 0.478. The van der Waals surface area contributed by atoms with Gasteiger partial charge < -0.3 is 9.64 Å². The van der Waals surface area contributed by atoms with Gasteiger partial charge >= 0.3 is 5.97 Å². The van der Waals surface area contributed by atoms with Crippen LogP contribution >= 0.6 is 0 Å². The standard InChI is InChI=1S/C26H25NO3/c1-30-24(28)23-18-11-19-27(23)25(29)26(20-12-5-2-6-13-20,21-14-7-3-8-15-21)22-16-9-4-10-17-22/h2-10,12-17,23H,11,18-19H2,1H3/t23-/m0/s1. The van der Waals surface area contributed by atoms with Crippen molar-refractivity contribution >= 4 is 11.9 Å². The van der Waals surface area contributed by atoms with E-state index < -0.39 is 11.5 Å². The Kier molecular flexibility index (Phi) is 5.66. The number of benzene rings is 3. The normalized spacial score (nSPS) is 16.3. The van der Waals surface area contributed by atoms with E-state index in [2.05, 4.69) is 0 Å². The lowest BCUT2D eigenvalue weighted by Gasteiger charge is -2.39. The Morgan fingerprint density at radius 3 is 1.63 bits per heavy atom. The van der Waals surface area contributed by atoms with Crippen molar-refractivity contribution in [3.8, 4) is 0 Å². The predicted molar refractivity (Wildman–Crippen MR) is 116 cm³/mol. The third-order valence-electron chi connectivity index (χ3n) is 5.93. The fraction of sp³-hybridized carbons (Fsp3) is 0.231. The van der Waals surface area contributed by atoms with Crippen LogP contribution < -0.4 is 0 Å². The fourth-order valence-corrected chi connectivity index (χ4v) is 4.54. The number of methoxy groups -OCH3 is 1. The van der Waals surface area contributed by atoms with E-state index in [1.54, 1.807) is 4.90 Å². The molecule has 0 aromatic heterocycles. The first-order chi connectivity index (χ1) is 14.7. The maximum Gasteiger partial charge on any atom is 0.328 e. The van der Waals surface area contributed by atoms with Crippen molar-refractivity contribution < 1.29 is 14.3 Å². The summed E-state index contributed by atoms with van der Waals surface area (Å²) in [6.45, 7) is 0.535. The van der Waals surface area contributed by atoms with Gasteiger partial charge in [0.1, 0.15) is 11.5 Å². The lowest BCUT2D eigenvalue weighted by molar-refractivity contribution is -0.152. The monoisotopic (exact) mass is 399 g/mol. The van der Waals surface area contributed by atoms with Gasteiger partial charge in [-0.15, -0.1) is 0 Å². The summed E-state index contributed by atoms with van der Waals surface area (Å²) in [4.78, 5) is 28.6. The second-order valence-corrected chi connectivity index (χ2v) is 7.53. The second kappa shape index (κ2) is 8.54. The lowest BCUT2D eigenvalue weighted by Crippen LogP contribution is -2.52. The molecule has 0 saturated carbocycles.